The van der Waals surface area contributed by atoms with Gasteiger partial charge in [-0.25, -0.2) is 9.97 Å². The molecule has 4 nitrogen and oxygen atoms in total. The van der Waals surface area contributed by atoms with Crippen molar-refractivity contribution in [2.24, 2.45) is 0 Å². The number of fused-ring (bicyclic) bond motifs is 8. The second-order valence-electron chi connectivity index (χ2n) is 8.00. The molecule has 5 heteroatoms. The summed E-state index contributed by atoms with van der Waals surface area (Å²) in [6.07, 6.45) is 3.98. The van der Waals surface area contributed by atoms with Crippen molar-refractivity contribution in [3.8, 4) is 0 Å². The van der Waals surface area contributed by atoms with E-state index in [4.69, 9.17) is 21.6 Å². The maximum absolute atomic E-state index is 6.92. The van der Waals surface area contributed by atoms with Gasteiger partial charge in [0.2, 0.25) is 0 Å². The van der Waals surface area contributed by atoms with Crippen LogP contribution in [-0.4, -0.2) is 19.9 Å². The Morgan fingerprint density at radius 1 is 0.656 bits per heavy atom. The van der Waals surface area contributed by atoms with E-state index < -0.39 is 0 Å². The van der Waals surface area contributed by atoms with E-state index in [0.29, 0.717) is 10.7 Å². The molecule has 0 fully saturated rings. The van der Waals surface area contributed by atoms with Crippen LogP contribution in [0.15, 0.2) is 72.8 Å². The number of benzene rings is 1. The van der Waals surface area contributed by atoms with Crippen LogP contribution in [0.1, 0.15) is 33.9 Å². The predicted octanol–water partition coefficient (Wildman–Crippen LogP) is 6.95. The Balaban J connectivity index is 1.69. The number of halogens is 1. The monoisotopic (exact) mass is 434 g/mol. The molecular weight excluding hydrogens is 416 g/mol. The van der Waals surface area contributed by atoms with Crippen LogP contribution in [-0.2, 0) is 0 Å². The van der Waals surface area contributed by atoms with Gasteiger partial charge in [-0.05, 0) is 78.7 Å². The summed E-state index contributed by atoms with van der Waals surface area (Å²) < 4.78 is 0. The van der Waals surface area contributed by atoms with Gasteiger partial charge in [0.05, 0.1) is 27.8 Å². The van der Waals surface area contributed by atoms with Gasteiger partial charge in [-0.2, -0.15) is 0 Å². The lowest BCUT2D eigenvalue weighted by Gasteiger charge is -2.07. The smallest absolute Gasteiger partial charge is 0.0852 e. The minimum absolute atomic E-state index is 0.635. The predicted molar refractivity (Wildman–Crippen MR) is 133 cm³/mol. The third-order valence-corrected chi connectivity index (χ3v) is 6.07. The fourth-order valence-electron chi connectivity index (χ4n) is 4.15. The van der Waals surface area contributed by atoms with Crippen molar-refractivity contribution in [1.82, 2.24) is 19.9 Å². The molecular formula is C27H19ClN4. The number of aromatic nitrogens is 4. The Kier molecular flexibility index (Phi) is 4.33. The fraction of sp³-hybridized carbons (Fsp3) is 0.0370. The second kappa shape index (κ2) is 7.36. The average molecular weight is 435 g/mol. The van der Waals surface area contributed by atoms with Crippen LogP contribution < -0.4 is 0 Å². The lowest BCUT2D eigenvalue weighted by molar-refractivity contribution is 1.27. The van der Waals surface area contributed by atoms with E-state index in [1.807, 2.05) is 48.6 Å². The molecule has 0 atom stereocenters. The number of hydrogen-bond donors (Lipinski definition) is 2. The van der Waals surface area contributed by atoms with Gasteiger partial charge >= 0.3 is 0 Å². The fourth-order valence-corrected chi connectivity index (χ4v) is 4.45. The molecule has 0 radical (unpaired) electrons. The molecule has 154 valence electrons. The van der Waals surface area contributed by atoms with Crippen LogP contribution in [0.3, 0.4) is 0 Å². The summed E-state index contributed by atoms with van der Waals surface area (Å²) >= 11 is 6.92. The van der Waals surface area contributed by atoms with Gasteiger partial charge in [-0.3, -0.25) is 0 Å². The Labute approximate surface area is 190 Å². The number of rotatable bonds is 1. The lowest BCUT2D eigenvalue weighted by atomic mass is 9.98. The highest BCUT2D eigenvalue weighted by molar-refractivity contribution is 6.53. The van der Waals surface area contributed by atoms with Crippen LogP contribution in [0.2, 0.25) is 0 Å². The standard InChI is InChI=1S/C27H19ClN4/c1-16-4-2-3-5-23(16)26-24-14-21-10-8-19(30-21)12-17-6-7-18(29-17)13-20-9-11-22(31-20)15-25(32-24)27(26)28/h2-15,29-30H,1H3. The maximum Gasteiger partial charge on any atom is 0.0852 e. The summed E-state index contributed by atoms with van der Waals surface area (Å²) in [6.45, 7) is 2.09. The molecule has 8 bridgehead atoms. The second-order valence-corrected chi connectivity index (χ2v) is 8.37. The number of H-pyrrole nitrogens is 2. The molecule has 32 heavy (non-hydrogen) atoms. The maximum atomic E-state index is 6.92. The molecule has 0 spiro atoms. The van der Waals surface area contributed by atoms with Crippen LogP contribution >= 0.6 is 11.6 Å². The highest BCUT2D eigenvalue weighted by atomic mass is 35.5. The van der Waals surface area contributed by atoms with Gasteiger partial charge in [-0.1, -0.05) is 35.9 Å². The van der Waals surface area contributed by atoms with Crippen molar-refractivity contribution in [1.29, 1.82) is 0 Å². The van der Waals surface area contributed by atoms with Crippen molar-refractivity contribution >= 4 is 56.4 Å². The molecule has 2 aliphatic heterocycles. The number of hydrogen-bond acceptors (Lipinski definition) is 2. The van der Waals surface area contributed by atoms with Gasteiger partial charge < -0.3 is 9.97 Å². The third kappa shape index (κ3) is 3.35. The molecule has 0 saturated heterocycles. The summed E-state index contributed by atoms with van der Waals surface area (Å²) in [5, 5.41) is 0.635. The molecule has 4 aromatic rings. The quantitative estimate of drug-likeness (QED) is 0.300. The largest absolute Gasteiger partial charge is 0.355 e. The van der Waals surface area contributed by atoms with Crippen molar-refractivity contribution in [3.63, 3.8) is 0 Å². The average Bonchev–Trinajstić information content (AvgIpc) is 3.55. The molecule has 0 unspecified atom stereocenters. The van der Waals surface area contributed by atoms with Gasteiger partial charge in [0, 0.05) is 27.6 Å². The van der Waals surface area contributed by atoms with E-state index in [1.165, 1.54) is 0 Å². The van der Waals surface area contributed by atoms with Gasteiger partial charge in [0.25, 0.3) is 0 Å². The highest BCUT2D eigenvalue weighted by Gasteiger charge is 2.21. The molecule has 6 rings (SSSR count). The molecule has 2 aliphatic rings. The first-order valence-electron chi connectivity index (χ1n) is 10.5. The van der Waals surface area contributed by atoms with E-state index >= 15 is 0 Å². The zero-order valence-corrected chi connectivity index (χ0v) is 18.1. The normalized spacial score (nSPS) is 13.1. The first kappa shape index (κ1) is 18.8. The van der Waals surface area contributed by atoms with E-state index in [1.54, 1.807) is 0 Å². The van der Waals surface area contributed by atoms with Crippen LogP contribution in [0.5, 0.6) is 0 Å². The Hall–Kier alpha value is -3.89. The summed E-state index contributed by atoms with van der Waals surface area (Å²) in [5.74, 6) is 0. The van der Waals surface area contributed by atoms with E-state index in [9.17, 15) is 0 Å². The van der Waals surface area contributed by atoms with Gasteiger partial charge in [0.1, 0.15) is 0 Å². The van der Waals surface area contributed by atoms with Crippen molar-refractivity contribution in [2.75, 3.05) is 0 Å². The number of nitrogens with zero attached hydrogens (tertiary/aromatic N) is 2. The van der Waals surface area contributed by atoms with Crippen LogP contribution in [0.4, 0.5) is 0 Å². The molecule has 2 N–H and O–H groups in total. The lowest BCUT2D eigenvalue weighted by Crippen LogP contribution is -1.89. The topological polar surface area (TPSA) is 57.4 Å². The zero-order valence-electron chi connectivity index (χ0n) is 17.4. The Bertz CT molecular complexity index is 1600. The zero-order chi connectivity index (χ0) is 21.7. The SMILES string of the molecule is Cc1ccccc1C1=C(Cl)c2cc3nc(cc4ccc(cc5ccc(cc1n2)[nH]5)[nH]4)C=C3. The van der Waals surface area contributed by atoms with Crippen molar-refractivity contribution < 1.29 is 0 Å². The van der Waals surface area contributed by atoms with Gasteiger partial charge in [0.15, 0.2) is 0 Å². The van der Waals surface area contributed by atoms with Crippen LogP contribution in [0, 0.1) is 6.92 Å². The summed E-state index contributed by atoms with van der Waals surface area (Å²) in [6, 6.07) is 24.6. The Morgan fingerprint density at radius 2 is 1.28 bits per heavy atom. The summed E-state index contributed by atoms with van der Waals surface area (Å²) in [7, 11) is 0. The van der Waals surface area contributed by atoms with E-state index in [0.717, 1.165) is 55.8 Å². The molecule has 5 heterocycles. The molecule has 0 aliphatic carbocycles. The van der Waals surface area contributed by atoms with E-state index in [-0.39, 0.29) is 0 Å². The molecule has 0 saturated carbocycles. The minimum atomic E-state index is 0.635. The first-order valence-corrected chi connectivity index (χ1v) is 10.8. The summed E-state index contributed by atoms with van der Waals surface area (Å²) in [5.41, 5.74) is 10.4. The first-order chi connectivity index (χ1) is 15.6. The molecule has 0 amide bonds. The number of nitrogens with one attached hydrogen (secondary N) is 2. The van der Waals surface area contributed by atoms with Gasteiger partial charge in [-0.15, -0.1) is 0 Å². The third-order valence-electron chi connectivity index (χ3n) is 5.69. The minimum Gasteiger partial charge on any atom is -0.355 e. The molecule has 1 aromatic carbocycles. The Morgan fingerprint density at radius 3 is 2.00 bits per heavy atom. The highest BCUT2D eigenvalue weighted by Crippen LogP contribution is 2.38. The number of aromatic amines is 2. The molecule has 3 aromatic heterocycles. The van der Waals surface area contributed by atoms with Crippen molar-refractivity contribution in [3.05, 3.63) is 107 Å². The van der Waals surface area contributed by atoms with E-state index in [2.05, 4.69) is 53.3 Å². The number of aryl methyl sites for hydroxylation is 1. The van der Waals surface area contributed by atoms with Crippen molar-refractivity contribution in [2.45, 2.75) is 6.92 Å². The summed E-state index contributed by atoms with van der Waals surface area (Å²) in [4.78, 5) is 16.5. The van der Waals surface area contributed by atoms with Crippen LogP contribution in [0.25, 0.3) is 44.8 Å².